The van der Waals surface area contributed by atoms with E-state index in [4.69, 9.17) is 0 Å². The molecule has 6 aromatic carbocycles. The first-order valence-electron chi connectivity index (χ1n) is 15.2. The monoisotopic (exact) mass is 604 g/mol. The van der Waals surface area contributed by atoms with Crippen LogP contribution in [0.5, 0.6) is 0 Å². The Morgan fingerprint density at radius 3 is 1.16 bits per heavy atom. The van der Waals surface area contributed by atoms with Crippen LogP contribution in [0.25, 0.3) is 55.0 Å². The molecule has 0 spiro atoms. The van der Waals surface area contributed by atoms with Gasteiger partial charge in [-0.25, -0.2) is 8.42 Å². The van der Waals surface area contributed by atoms with Gasteiger partial charge in [0.2, 0.25) is 9.84 Å². The molecule has 0 atom stereocenters. The molecule has 0 amide bonds. The number of aromatic nitrogens is 2. The van der Waals surface area contributed by atoms with E-state index in [1.165, 1.54) is 0 Å². The predicted octanol–water partition coefficient (Wildman–Crippen LogP) is 10.0. The van der Waals surface area contributed by atoms with Gasteiger partial charge in [0.15, 0.2) is 0 Å². The summed E-state index contributed by atoms with van der Waals surface area (Å²) in [6, 6.07) is 46.3. The van der Waals surface area contributed by atoms with E-state index in [1.54, 1.807) is 12.1 Å². The molecule has 0 radical (unpaired) electrons. The van der Waals surface area contributed by atoms with Gasteiger partial charge in [0.05, 0.1) is 31.9 Å². The first-order valence-corrected chi connectivity index (χ1v) is 16.7. The highest BCUT2D eigenvalue weighted by Crippen LogP contribution is 2.37. The van der Waals surface area contributed by atoms with Crippen molar-refractivity contribution >= 4 is 53.4 Å². The minimum absolute atomic E-state index is 0.0809. The maximum absolute atomic E-state index is 14.5. The third-order valence-corrected chi connectivity index (χ3v) is 10.6. The van der Waals surface area contributed by atoms with Crippen molar-refractivity contribution in [2.75, 3.05) is 0 Å². The van der Waals surface area contributed by atoms with Gasteiger partial charge in [-0.2, -0.15) is 0 Å². The average Bonchev–Trinajstić information content (AvgIpc) is 3.57. The molecule has 0 unspecified atom stereocenters. The summed E-state index contributed by atoms with van der Waals surface area (Å²) in [6.45, 7) is 6.39. The molecule has 5 heteroatoms. The van der Waals surface area contributed by atoms with E-state index in [1.807, 2.05) is 72.8 Å². The molecule has 0 N–H and O–H groups in total. The van der Waals surface area contributed by atoms with Crippen molar-refractivity contribution in [1.82, 2.24) is 9.13 Å². The molecular formula is C40H32N2O2S. The molecule has 0 saturated carbocycles. The van der Waals surface area contributed by atoms with Crippen molar-refractivity contribution in [3.8, 4) is 11.4 Å². The van der Waals surface area contributed by atoms with Crippen LogP contribution in [0.4, 0.5) is 0 Å². The Bertz CT molecular complexity index is 2290. The van der Waals surface area contributed by atoms with Crippen LogP contribution >= 0.6 is 0 Å². The lowest BCUT2D eigenvalue weighted by Crippen LogP contribution is -2.11. The number of nitrogens with zero attached hydrogens (tertiary/aromatic N) is 2. The van der Waals surface area contributed by atoms with Gasteiger partial charge >= 0.3 is 0 Å². The highest BCUT2D eigenvalue weighted by molar-refractivity contribution is 7.91. The summed E-state index contributed by atoms with van der Waals surface area (Å²) in [6.07, 6.45) is 0. The van der Waals surface area contributed by atoms with Crippen molar-refractivity contribution in [3.63, 3.8) is 0 Å². The van der Waals surface area contributed by atoms with E-state index >= 15 is 0 Å². The Morgan fingerprint density at radius 2 is 0.800 bits per heavy atom. The third-order valence-electron chi connectivity index (χ3n) is 8.89. The van der Waals surface area contributed by atoms with Crippen LogP contribution in [-0.4, -0.2) is 17.6 Å². The minimum Gasteiger partial charge on any atom is -0.309 e. The molecule has 0 aliphatic carbocycles. The summed E-state index contributed by atoms with van der Waals surface area (Å²) in [5.74, 6) is 0. The molecule has 45 heavy (non-hydrogen) atoms. The molecular weight excluding hydrogens is 573 g/mol. The van der Waals surface area contributed by atoms with Gasteiger partial charge in [0.25, 0.3) is 0 Å². The maximum atomic E-state index is 14.5. The number of benzene rings is 6. The van der Waals surface area contributed by atoms with Gasteiger partial charge in [-0.1, -0.05) is 106 Å². The second-order valence-corrected chi connectivity index (χ2v) is 14.7. The minimum atomic E-state index is -3.87. The quantitative estimate of drug-likeness (QED) is 0.201. The summed E-state index contributed by atoms with van der Waals surface area (Å²) in [5.41, 5.74) is 6.68. The van der Waals surface area contributed by atoms with Gasteiger partial charge in [-0.05, 0) is 65.6 Å². The molecule has 2 heterocycles. The first-order chi connectivity index (χ1) is 21.7. The molecule has 0 bridgehead atoms. The van der Waals surface area contributed by atoms with Crippen molar-refractivity contribution in [2.45, 2.75) is 36.0 Å². The summed E-state index contributed by atoms with van der Waals surface area (Å²) in [5, 5.41) is 4.49. The third kappa shape index (κ3) is 4.30. The van der Waals surface area contributed by atoms with Gasteiger partial charge in [-0.15, -0.1) is 0 Å². The van der Waals surface area contributed by atoms with Crippen LogP contribution in [0.15, 0.2) is 149 Å². The van der Waals surface area contributed by atoms with Gasteiger partial charge in [-0.3, -0.25) is 0 Å². The lowest BCUT2D eigenvalue weighted by molar-refractivity contribution is 0.586. The van der Waals surface area contributed by atoms with E-state index in [0.717, 1.165) is 60.5 Å². The molecule has 8 rings (SSSR count). The zero-order chi connectivity index (χ0) is 30.9. The first kappa shape index (κ1) is 27.4. The molecule has 8 aromatic rings. The van der Waals surface area contributed by atoms with Crippen molar-refractivity contribution in [3.05, 3.63) is 145 Å². The molecule has 4 nitrogen and oxygen atoms in total. The summed E-state index contributed by atoms with van der Waals surface area (Å²) in [4.78, 5) is 0.533. The van der Waals surface area contributed by atoms with Crippen molar-refractivity contribution in [1.29, 1.82) is 0 Å². The zero-order valence-electron chi connectivity index (χ0n) is 25.4. The van der Waals surface area contributed by atoms with E-state index in [2.05, 4.69) is 84.5 Å². The van der Waals surface area contributed by atoms with Crippen LogP contribution in [0.2, 0.25) is 0 Å². The number of hydrogen-bond acceptors (Lipinski definition) is 2. The Balaban J connectivity index is 1.46. The van der Waals surface area contributed by atoms with Crippen molar-refractivity contribution in [2.24, 2.45) is 0 Å². The molecule has 220 valence electrons. The topological polar surface area (TPSA) is 44.0 Å². The molecule has 0 aliphatic rings. The number of para-hydroxylation sites is 4. The summed E-state index contributed by atoms with van der Waals surface area (Å²) >= 11 is 0. The van der Waals surface area contributed by atoms with Crippen molar-refractivity contribution < 1.29 is 8.42 Å². The lowest BCUT2D eigenvalue weighted by atomic mass is 9.87. The largest absolute Gasteiger partial charge is 0.309 e. The maximum Gasteiger partial charge on any atom is 0.206 e. The predicted molar refractivity (Wildman–Crippen MR) is 186 cm³/mol. The van der Waals surface area contributed by atoms with E-state index in [-0.39, 0.29) is 15.2 Å². The average molecular weight is 605 g/mol. The standard InChI is InChI=1S/C40H32N2O2S/c1-40(2,3)27-20-22-30(23-21-27)45(43,44)31-25-28(41-36-16-8-4-12-32(36)33-13-5-9-17-37(33)41)24-29(26-31)42-38-18-10-6-14-34(38)35-15-7-11-19-39(35)42/h4-26H,1-3H3. The van der Waals surface area contributed by atoms with Crippen LogP contribution in [0, 0.1) is 0 Å². The summed E-state index contributed by atoms with van der Waals surface area (Å²) in [7, 11) is -3.87. The Labute approximate surface area is 262 Å². The normalized spacial score (nSPS) is 12.5. The van der Waals surface area contributed by atoms with Crippen LogP contribution in [0.3, 0.4) is 0 Å². The Morgan fingerprint density at radius 1 is 0.444 bits per heavy atom. The Kier molecular flexibility index (Phi) is 6.06. The number of fused-ring (bicyclic) bond motifs is 6. The smallest absolute Gasteiger partial charge is 0.206 e. The van der Waals surface area contributed by atoms with Crippen LogP contribution < -0.4 is 0 Å². The highest BCUT2D eigenvalue weighted by atomic mass is 32.2. The van der Waals surface area contributed by atoms with Gasteiger partial charge < -0.3 is 9.13 Å². The zero-order valence-corrected chi connectivity index (χ0v) is 26.2. The fraction of sp³-hybridized carbons (Fsp3) is 0.100. The SMILES string of the molecule is CC(C)(C)c1ccc(S(=O)(=O)c2cc(-n3c4ccccc4c4ccccc43)cc(-n3c4ccccc4c4ccccc43)c2)cc1. The number of rotatable bonds is 4. The van der Waals surface area contributed by atoms with E-state index < -0.39 is 9.84 Å². The van der Waals surface area contributed by atoms with Gasteiger partial charge in [0.1, 0.15) is 0 Å². The van der Waals surface area contributed by atoms with Gasteiger partial charge in [0, 0.05) is 32.9 Å². The second-order valence-electron chi connectivity index (χ2n) is 12.7. The molecule has 2 aromatic heterocycles. The Hall–Kier alpha value is -5.13. The fourth-order valence-electron chi connectivity index (χ4n) is 6.65. The fourth-order valence-corrected chi connectivity index (χ4v) is 7.97. The molecule has 0 fully saturated rings. The van der Waals surface area contributed by atoms with E-state index in [0.29, 0.717) is 0 Å². The van der Waals surface area contributed by atoms with Crippen LogP contribution in [-0.2, 0) is 15.3 Å². The molecule has 0 aliphatic heterocycles. The lowest BCUT2D eigenvalue weighted by Gasteiger charge is -2.19. The number of hydrogen-bond donors (Lipinski definition) is 0. The summed E-state index contributed by atoms with van der Waals surface area (Å²) < 4.78 is 33.3. The number of sulfone groups is 1. The van der Waals surface area contributed by atoms with Crippen LogP contribution in [0.1, 0.15) is 26.3 Å². The highest BCUT2D eigenvalue weighted by Gasteiger charge is 2.24. The second kappa shape index (κ2) is 9.94. The molecule has 0 saturated heterocycles. The van der Waals surface area contributed by atoms with E-state index in [9.17, 15) is 8.42 Å².